The molecule has 0 spiro atoms. The van der Waals surface area contributed by atoms with Crippen molar-refractivity contribution < 1.29 is 19.1 Å². The van der Waals surface area contributed by atoms with E-state index in [1.165, 1.54) is 6.07 Å². The Bertz CT molecular complexity index is 537. The number of rotatable bonds is 4. The van der Waals surface area contributed by atoms with Crippen LogP contribution in [0.25, 0.3) is 0 Å². The predicted molar refractivity (Wildman–Crippen MR) is 77.7 cm³/mol. The second kappa shape index (κ2) is 7.26. The zero-order chi connectivity index (χ0) is 15.2. The number of H-pyrrole nitrogens is 1. The minimum Gasteiger partial charge on any atom is -0.451 e. The van der Waals surface area contributed by atoms with Crippen molar-refractivity contribution in [2.45, 2.75) is 31.7 Å². The molecular weight excluding hydrogens is 342 g/mol. The highest BCUT2D eigenvalue weighted by Crippen LogP contribution is 2.17. The molecule has 1 aliphatic rings. The zero-order valence-corrected chi connectivity index (χ0v) is 12.9. The molecule has 7 nitrogen and oxygen atoms in total. The first-order chi connectivity index (χ1) is 10.0. The molecule has 21 heavy (non-hydrogen) atoms. The molecule has 0 unspecified atom stereocenters. The standard InChI is InChI=1S/C13H16BrN3O4/c14-8-5-10(15-6-8)12(19)21-7-11(18)17-13(20)16-9-3-1-2-4-9/h5-6,9,15H,1-4,7H2,(H2,16,17,18,20). The number of nitrogens with one attached hydrogen (secondary N) is 3. The Kier molecular flexibility index (Phi) is 5.38. The molecule has 0 atom stereocenters. The summed E-state index contributed by atoms with van der Waals surface area (Å²) < 4.78 is 5.49. The largest absolute Gasteiger partial charge is 0.451 e. The van der Waals surface area contributed by atoms with E-state index < -0.39 is 24.5 Å². The molecule has 1 saturated carbocycles. The number of hydrogen-bond donors (Lipinski definition) is 3. The third-order valence-corrected chi connectivity index (χ3v) is 3.60. The molecule has 1 heterocycles. The molecule has 0 aliphatic heterocycles. The Labute approximate surface area is 129 Å². The van der Waals surface area contributed by atoms with Gasteiger partial charge in [0.15, 0.2) is 6.61 Å². The van der Waals surface area contributed by atoms with Crippen molar-refractivity contribution >= 4 is 33.8 Å². The van der Waals surface area contributed by atoms with Crippen molar-refractivity contribution in [1.82, 2.24) is 15.6 Å². The first-order valence-electron chi connectivity index (χ1n) is 6.66. The van der Waals surface area contributed by atoms with Gasteiger partial charge in [0.2, 0.25) is 0 Å². The fraction of sp³-hybridized carbons (Fsp3) is 0.462. The number of hydrogen-bond acceptors (Lipinski definition) is 4. The third-order valence-electron chi connectivity index (χ3n) is 3.15. The van der Waals surface area contributed by atoms with Gasteiger partial charge in [-0.25, -0.2) is 9.59 Å². The monoisotopic (exact) mass is 357 g/mol. The molecule has 0 saturated heterocycles. The van der Waals surface area contributed by atoms with Crippen LogP contribution in [-0.4, -0.2) is 35.5 Å². The lowest BCUT2D eigenvalue weighted by Gasteiger charge is -2.12. The lowest BCUT2D eigenvalue weighted by Crippen LogP contribution is -2.45. The van der Waals surface area contributed by atoms with E-state index in [0.717, 1.165) is 25.7 Å². The Morgan fingerprint density at radius 3 is 2.67 bits per heavy atom. The van der Waals surface area contributed by atoms with Crippen LogP contribution in [0.3, 0.4) is 0 Å². The molecule has 0 bridgehead atoms. The Hall–Kier alpha value is -1.83. The van der Waals surface area contributed by atoms with Gasteiger partial charge in [0, 0.05) is 16.7 Å². The summed E-state index contributed by atoms with van der Waals surface area (Å²) in [5.74, 6) is -1.32. The van der Waals surface area contributed by atoms with Crippen LogP contribution >= 0.6 is 15.9 Å². The molecule has 1 fully saturated rings. The number of amides is 3. The molecule has 0 radical (unpaired) electrons. The fourth-order valence-electron chi connectivity index (χ4n) is 2.15. The average Bonchev–Trinajstić information content (AvgIpc) is 3.07. The van der Waals surface area contributed by atoms with Crippen LogP contribution in [0.15, 0.2) is 16.7 Å². The summed E-state index contributed by atoms with van der Waals surface area (Å²) in [7, 11) is 0. The summed E-state index contributed by atoms with van der Waals surface area (Å²) in [6.07, 6.45) is 5.60. The van der Waals surface area contributed by atoms with Crippen molar-refractivity contribution in [2.75, 3.05) is 6.61 Å². The zero-order valence-electron chi connectivity index (χ0n) is 11.3. The quantitative estimate of drug-likeness (QED) is 0.714. The van der Waals surface area contributed by atoms with Crippen molar-refractivity contribution in [1.29, 1.82) is 0 Å². The van der Waals surface area contributed by atoms with Gasteiger partial charge in [0.05, 0.1) is 0 Å². The van der Waals surface area contributed by atoms with E-state index in [1.54, 1.807) is 6.20 Å². The Morgan fingerprint density at radius 1 is 1.33 bits per heavy atom. The highest BCUT2D eigenvalue weighted by Gasteiger charge is 2.19. The lowest BCUT2D eigenvalue weighted by molar-refractivity contribution is -0.123. The molecule has 0 aromatic carbocycles. The van der Waals surface area contributed by atoms with Crippen LogP contribution in [0, 0.1) is 0 Å². The molecule has 8 heteroatoms. The van der Waals surface area contributed by atoms with E-state index in [-0.39, 0.29) is 11.7 Å². The lowest BCUT2D eigenvalue weighted by atomic mass is 10.2. The van der Waals surface area contributed by atoms with Crippen molar-refractivity contribution in [3.63, 3.8) is 0 Å². The number of halogens is 1. The third kappa shape index (κ3) is 4.89. The molecule has 3 N–H and O–H groups in total. The topological polar surface area (TPSA) is 100 Å². The van der Waals surface area contributed by atoms with E-state index in [1.807, 2.05) is 0 Å². The average molecular weight is 358 g/mol. The number of urea groups is 1. The number of imide groups is 1. The van der Waals surface area contributed by atoms with Gasteiger partial charge >= 0.3 is 12.0 Å². The maximum absolute atomic E-state index is 11.6. The minimum atomic E-state index is -0.663. The number of carbonyl (C=O) groups is 3. The van der Waals surface area contributed by atoms with Gasteiger partial charge in [0.1, 0.15) is 5.69 Å². The predicted octanol–water partition coefficient (Wildman–Crippen LogP) is 1.70. The summed E-state index contributed by atoms with van der Waals surface area (Å²) in [5.41, 5.74) is 0.227. The molecule has 1 aliphatic carbocycles. The molecule has 114 valence electrons. The number of carbonyl (C=O) groups excluding carboxylic acids is 3. The minimum absolute atomic E-state index is 0.122. The van der Waals surface area contributed by atoms with Crippen LogP contribution in [0.4, 0.5) is 4.79 Å². The Balaban J connectivity index is 1.69. The normalized spacial score (nSPS) is 14.7. The van der Waals surface area contributed by atoms with Crippen LogP contribution in [-0.2, 0) is 9.53 Å². The molecular formula is C13H16BrN3O4. The molecule has 2 rings (SSSR count). The summed E-state index contributed by atoms with van der Waals surface area (Å²) in [4.78, 5) is 37.3. The van der Waals surface area contributed by atoms with E-state index in [9.17, 15) is 14.4 Å². The van der Waals surface area contributed by atoms with Crippen LogP contribution in [0.1, 0.15) is 36.2 Å². The van der Waals surface area contributed by atoms with Crippen molar-refractivity contribution in [3.8, 4) is 0 Å². The molecule has 3 amide bonds. The second-order valence-corrected chi connectivity index (χ2v) is 5.73. The number of esters is 1. The van der Waals surface area contributed by atoms with Gasteiger partial charge < -0.3 is 15.0 Å². The highest BCUT2D eigenvalue weighted by molar-refractivity contribution is 9.10. The number of ether oxygens (including phenoxy) is 1. The smallest absolute Gasteiger partial charge is 0.355 e. The summed E-state index contributed by atoms with van der Waals surface area (Å²) >= 11 is 3.18. The Morgan fingerprint density at radius 2 is 2.05 bits per heavy atom. The molecule has 1 aromatic heterocycles. The fourth-order valence-corrected chi connectivity index (χ4v) is 2.49. The van der Waals surface area contributed by atoms with Crippen LogP contribution in [0.2, 0.25) is 0 Å². The first-order valence-corrected chi connectivity index (χ1v) is 7.45. The van der Waals surface area contributed by atoms with Gasteiger partial charge in [-0.1, -0.05) is 12.8 Å². The number of aromatic nitrogens is 1. The van der Waals surface area contributed by atoms with Crippen LogP contribution < -0.4 is 10.6 Å². The summed E-state index contributed by atoms with van der Waals surface area (Å²) in [5, 5.41) is 4.84. The van der Waals surface area contributed by atoms with Gasteiger partial charge in [-0.3, -0.25) is 10.1 Å². The van der Waals surface area contributed by atoms with Crippen LogP contribution in [0.5, 0.6) is 0 Å². The van der Waals surface area contributed by atoms with E-state index in [4.69, 9.17) is 4.74 Å². The van der Waals surface area contributed by atoms with E-state index >= 15 is 0 Å². The molecule has 1 aromatic rings. The SMILES string of the molecule is O=C(COC(=O)c1cc(Br)c[nH]1)NC(=O)NC1CCCC1. The van der Waals surface area contributed by atoms with E-state index in [0.29, 0.717) is 4.47 Å². The second-order valence-electron chi connectivity index (χ2n) is 4.81. The highest BCUT2D eigenvalue weighted by atomic mass is 79.9. The van der Waals surface area contributed by atoms with Gasteiger partial charge in [-0.15, -0.1) is 0 Å². The van der Waals surface area contributed by atoms with Gasteiger partial charge in [-0.2, -0.15) is 0 Å². The van der Waals surface area contributed by atoms with E-state index in [2.05, 4.69) is 31.5 Å². The van der Waals surface area contributed by atoms with Gasteiger partial charge in [0.25, 0.3) is 5.91 Å². The maximum Gasteiger partial charge on any atom is 0.355 e. The first kappa shape index (κ1) is 15.6. The number of aromatic amines is 1. The summed E-state index contributed by atoms with van der Waals surface area (Å²) in [6.45, 7) is -0.506. The van der Waals surface area contributed by atoms with Crippen molar-refractivity contribution in [2.24, 2.45) is 0 Å². The maximum atomic E-state index is 11.6. The summed E-state index contributed by atoms with van der Waals surface area (Å²) in [6, 6.07) is 1.11. The van der Waals surface area contributed by atoms with Crippen molar-refractivity contribution in [3.05, 3.63) is 22.4 Å². The van der Waals surface area contributed by atoms with Gasteiger partial charge in [-0.05, 0) is 34.8 Å².